The maximum atomic E-state index is 12.5. The van der Waals surface area contributed by atoms with E-state index in [0.717, 1.165) is 23.6 Å². The van der Waals surface area contributed by atoms with Crippen LogP contribution in [0, 0.1) is 0 Å². The van der Waals surface area contributed by atoms with Gasteiger partial charge in [-0.3, -0.25) is 4.79 Å². The van der Waals surface area contributed by atoms with E-state index in [9.17, 15) is 22.8 Å². The largest absolute Gasteiger partial charge is 0.454 e. The standard InChI is InChI=1S/C20H13F3O4/c21-20(22,23)15-8-5-13(6-9-15)7-10-19(25)26-12-16(24)18-11-14-3-1-2-4-17(14)27-18/h1-11H,12H2/b10-7+. The molecule has 0 aliphatic carbocycles. The maximum absolute atomic E-state index is 12.5. The first-order valence-electron chi connectivity index (χ1n) is 7.87. The average Bonchev–Trinajstić information content (AvgIpc) is 3.08. The second-order valence-corrected chi connectivity index (χ2v) is 5.63. The third-order valence-corrected chi connectivity index (χ3v) is 3.70. The molecule has 2 aromatic carbocycles. The van der Waals surface area contributed by atoms with Crippen LogP contribution in [0.2, 0.25) is 0 Å². The Hall–Kier alpha value is -3.35. The van der Waals surface area contributed by atoms with E-state index in [-0.39, 0.29) is 5.76 Å². The van der Waals surface area contributed by atoms with Crippen LogP contribution in [0.5, 0.6) is 0 Å². The van der Waals surface area contributed by atoms with Gasteiger partial charge in [0.2, 0.25) is 5.78 Å². The molecule has 138 valence electrons. The van der Waals surface area contributed by atoms with Gasteiger partial charge in [0.15, 0.2) is 12.4 Å². The zero-order valence-electron chi connectivity index (χ0n) is 13.8. The lowest BCUT2D eigenvalue weighted by Crippen LogP contribution is -2.11. The number of hydrogen-bond donors (Lipinski definition) is 0. The maximum Gasteiger partial charge on any atom is 0.416 e. The van der Waals surface area contributed by atoms with Crippen LogP contribution in [0.1, 0.15) is 21.7 Å². The molecule has 3 aromatic rings. The summed E-state index contributed by atoms with van der Waals surface area (Å²) in [6, 6.07) is 12.9. The highest BCUT2D eigenvalue weighted by Crippen LogP contribution is 2.29. The van der Waals surface area contributed by atoms with E-state index in [1.165, 1.54) is 18.2 Å². The average molecular weight is 374 g/mol. The molecule has 0 amide bonds. The molecule has 1 aromatic heterocycles. The number of carbonyl (C=O) groups excluding carboxylic acids is 2. The number of esters is 1. The van der Waals surface area contributed by atoms with Gasteiger partial charge in [0.1, 0.15) is 5.58 Å². The third-order valence-electron chi connectivity index (χ3n) is 3.70. The minimum absolute atomic E-state index is 0.0794. The van der Waals surface area contributed by atoms with Crippen LogP contribution < -0.4 is 0 Å². The molecule has 0 atom stereocenters. The summed E-state index contributed by atoms with van der Waals surface area (Å²) in [5.74, 6) is -1.21. The molecule has 4 nitrogen and oxygen atoms in total. The molecule has 0 radical (unpaired) electrons. The molecule has 0 aliphatic rings. The lowest BCUT2D eigenvalue weighted by molar-refractivity contribution is -0.138. The quantitative estimate of drug-likeness (QED) is 0.362. The van der Waals surface area contributed by atoms with E-state index in [1.807, 2.05) is 0 Å². The normalized spacial score (nSPS) is 11.8. The van der Waals surface area contributed by atoms with Crippen LogP contribution >= 0.6 is 0 Å². The Labute approximate surface area is 151 Å². The van der Waals surface area contributed by atoms with Crippen molar-refractivity contribution in [2.45, 2.75) is 6.18 Å². The van der Waals surface area contributed by atoms with Crippen LogP contribution in [-0.4, -0.2) is 18.4 Å². The number of carbonyl (C=O) groups is 2. The van der Waals surface area contributed by atoms with E-state index in [2.05, 4.69) is 0 Å². The Morgan fingerprint density at radius 2 is 1.74 bits per heavy atom. The Bertz CT molecular complexity index is 965. The van der Waals surface area contributed by atoms with Crippen LogP contribution in [0.3, 0.4) is 0 Å². The number of ketones is 1. The van der Waals surface area contributed by atoms with E-state index in [4.69, 9.17) is 9.15 Å². The summed E-state index contributed by atoms with van der Waals surface area (Å²) in [7, 11) is 0. The molecule has 27 heavy (non-hydrogen) atoms. The number of para-hydroxylation sites is 1. The Morgan fingerprint density at radius 1 is 1.04 bits per heavy atom. The van der Waals surface area contributed by atoms with Crippen LogP contribution in [0.25, 0.3) is 17.0 Å². The summed E-state index contributed by atoms with van der Waals surface area (Å²) in [5.41, 5.74) is 0.164. The van der Waals surface area contributed by atoms with Gasteiger partial charge in [0, 0.05) is 11.5 Å². The van der Waals surface area contributed by atoms with E-state index >= 15 is 0 Å². The summed E-state index contributed by atoms with van der Waals surface area (Å²) >= 11 is 0. The first-order chi connectivity index (χ1) is 12.8. The highest BCUT2D eigenvalue weighted by molar-refractivity contribution is 5.99. The number of halogens is 3. The van der Waals surface area contributed by atoms with Gasteiger partial charge in [-0.05, 0) is 35.9 Å². The molecule has 0 spiro atoms. The van der Waals surface area contributed by atoms with Crippen molar-refractivity contribution in [2.24, 2.45) is 0 Å². The fraction of sp³-hybridized carbons (Fsp3) is 0.100. The van der Waals surface area contributed by atoms with Crippen molar-refractivity contribution in [3.8, 4) is 0 Å². The van der Waals surface area contributed by atoms with Gasteiger partial charge < -0.3 is 9.15 Å². The second-order valence-electron chi connectivity index (χ2n) is 5.63. The van der Waals surface area contributed by atoms with Crippen molar-refractivity contribution >= 4 is 28.8 Å². The molecular formula is C20H13F3O4. The Balaban J connectivity index is 1.55. The van der Waals surface area contributed by atoms with Crippen molar-refractivity contribution in [2.75, 3.05) is 6.61 Å². The molecule has 0 bridgehead atoms. The van der Waals surface area contributed by atoms with Gasteiger partial charge in [-0.15, -0.1) is 0 Å². The van der Waals surface area contributed by atoms with Crippen LogP contribution in [0.4, 0.5) is 13.2 Å². The van der Waals surface area contributed by atoms with E-state index in [1.54, 1.807) is 30.3 Å². The predicted molar refractivity (Wildman–Crippen MR) is 92.0 cm³/mol. The molecule has 0 fully saturated rings. The lowest BCUT2D eigenvalue weighted by atomic mass is 10.1. The van der Waals surface area contributed by atoms with Gasteiger partial charge in [-0.2, -0.15) is 13.2 Å². The van der Waals surface area contributed by atoms with Crippen LogP contribution in [-0.2, 0) is 15.7 Å². The number of benzene rings is 2. The lowest BCUT2D eigenvalue weighted by Gasteiger charge is -2.05. The highest BCUT2D eigenvalue weighted by atomic mass is 19.4. The van der Waals surface area contributed by atoms with Gasteiger partial charge in [-0.1, -0.05) is 30.3 Å². The Kier molecular flexibility index (Phi) is 5.12. The summed E-state index contributed by atoms with van der Waals surface area (Å²) in [6.07, 6.45) is -2.08. The number of furan rings is 1. The number of rotatable bonds is 5. The van der Waals surface area contributed by atoms with Crippen molar-refractivity contribution < 1.29 is 31.9 Å². The number of ether oxygens (including phenoxy) is 1. The van der Waals surface area contributed by atoms with Crippen molar-refractivity contribution in [1.29, 1.82) is 0 Å². The van der Waals surface area contributed by atoms with Gasteiger partial charge >= 0.3 is 12.1 Å². The predicted octanol–water partition coefficient (Wildman–Crippen LogP) is 4.89. The zero-order chi connectivity index (χ0) is 19.4. The Morgan fingerprint density at radius 3 is 2.41 bits per heavy atom. The molecular weight excluding hydrogens is 361 g/mol. The third kappa shape index (κ3) is 4.63. The topological polar surface area (TPSA) is 56.5 Å². The number of fused-ring (bicyclic) bond motifs is 1. The van der Waals surface area contributed by atoms with E-state index < -0.39 is 30.1 Å². The van der Waals surface area contributed by atoms with Crippen molar-refractivity contribution in [1.82, 2.24) is 0 Å². The van der Waals surface area contributed by atoms with Crippen LogP contribution in [0.15, 0.2) is 65.1 Å². The minimum Gasteiger partial charge on any atom is -0.454 e. The van der Waals surface area contributed by atoms with Crippen molar-refractivity contribution in [3.63, 3.8) is 0 Å². The smallest absolute Gasteiger partial charge is 0.416 e. The van der Waals surface area contributed by atoms with Gasteiger partial charge in [0.05, 0.1) is 5.56 Å². The summed E-state index contributed by atoms with van der Waals surface area (Å²) < 4.78 is 47.7. The van der Waals surface area contributed by atoms with Gasteiger partial charge in [0.25, 0.3) is 0 Å². The highest BCUT2D eigenvalue weighted by Gasteiger charge is 2.29. The summed E-state index contributed by atoms with van der Waals surface area (Å²) in [5, 5.41) is 0.759. The number of hydrogen-bond acceptors (Lipinski definition) is 4. The summed E-state index contributed by atoms with van der Waals surface area (Å²) in [6.45, 7) is -0.504. The molecule has 3 rings (SSSR count). The zero-order valence-corrected chi connectivity index (χ0v) is 13.8. The van der Waals surface area contributed by atoms with Gasteiger partial charge in [-0.25, -0.2) is 4.79 Å². The summed E-state index contributed by atoms with van der Waals surface area (Å²) in [4.78, 5) is 23.7. The molecule has 0 saturated carbocycles. The fourth-order valence-corrected chi connectivity index (χ4v) is 2.32. The minimum atomic E-state index is -4.42. The molecule has 0 unspecified atom stereocenters. The molecule has 0 saturated heterocycles. The monoisotopic (exact) mass is 374 g/mol. The molecule has 7 heteroatoms. The fourth-order valence-electron chi connectivity index (χ4n) is 2.32. The number of alkyl halides is 3. The van der Waals surface area contributed by atoms with Crippen molar-refractivity contribution in [3.05, 3.63) is 77.6 Å². The second kappa shape index (κ2) is 7.49. The molecule has 1 heterocycles. The molecule has 0 aliphatic heterocycles. The SMILES string of the molecule is O=C(/C=C/c1ccc(C(F)(F)F)cc1)OCC(=O)c1cc2ccccc2o1. The first-order valence-corrected chi connectivity index (χ1v) is 7.87. The van der Waals surface area contributed by atoms with E-state index in [0.29, 0.717) is 11.1 Å². The first kappa shape index (κ1) is 18.4. The number of Topliss-reactive ketones (excluding diaryl/α,β-unsaturated/α-hetero) is 1. The molecule has 0 N–H and O–H groups in total.